The number of carbonyl (C=O) groups is 1. The zero-order valence-corrected chi connectivity index (χ0v) is 19.9. The van der Waals surface area contributed by atoms with Crippen LogP contribution in [0.1, 0.15) is 34.6 Å². The van der Waals surface area contributed by atoms with Crippen molar-refractivity contribution in [2.24, 2.45) is 5.73 Å². The van der Waals surface area contributed by atoms with Crippen LogP contribution < -0.4 is 15.8 Å². The second kappa shape index (κ2) is 9.93. The van der Waals surface area contributed by atoms with Gasteiger partial charge in [0, 0.05) is 29.4 Å². The van der Waals surface area contributed by atoms with Crippen molar-refractivity contribution >= 4 is 34.5 Å². The van der Waals surface area contributed by atoms with Crippen LogP contribution >= 0.6 is 22.9 Å². The number of aromatic nitrogens is 2. The lowest BCUT2D eigenvalue weighted by Gasteiger charge is -2.17. The number of pyridine rings is 1. The Balaban J connectivity index is 1.68. The van der Waals surface area contributed by atoms with Gasteiger partial charge in [-0.3, -0.25) is 9.20 Å². The van der Waals surface area contributed by atoms with E-state index in [1.807, 2.05) is 61.0 Å². The van der Waals surface area contributed by atoms with Crippen LogP contribution in [0.5, 0.6) is 5.75 Å². The molecule has 3 heterocycles. The van der Waals surface area contributed by atoms with Crippen LogP contribution in [0.4, 0.5) is 0 Å². The monoisotopic (exact) mass is 484 g/mol. The van der Waals surface area contributed by atoms with E-state index in [-0.39, 0.29) is 19.1 Å². The number of aliphatic hydroxyl groups is 1. The molecule has 0 aliphatic heterocycles. The molecule has 33 heavy (non-hydrogen) atoms. The molecule has 0 aliphatic rings. The van der Waals surface area contributed by atoms with Gasteiger partial charge in [0.15, 0.2) is 0 Å². The molecule has 0 radical (unpaired) electrons. The molecule has 0 fully saturated rings. The molecular formula is C24H25ClN4O3S. The summed E-state index contributed by atoms with van der Waals surface area (Å²) in [6.45, 7) is 2.58. The third kappa shape index (κ3) is 5.04. The highest BCUT2D eigenvalue weighted by molar-refractivity contribution is 7.15. The van der Waals surface area contributed by atoms with Crippen LogP contribution in [0.2, 0.25) is 5.02 Å². The molecule has 0 bridgehead atoms. The molecule has 1 aromatic carbocycles. The Bertz CT molecular complexity index is 1300. The highest BCUT2D eigenvalue weighted by Gasteiger charge is 2.20. The summed E-state index contributed by atoms with van der Waals surface area (Å²) < 4.78 is 8.19. The first kappa shape index (κ1) is 23.3. The minimum absolute atomic E-state index is 0.0648. The second-order valence-electron chi connectivity index (χ2n) is 7.75. The summed E-state index contributed by atoms with van der Waals surface area (Å²) in [6, 6.07) is 11.5. The minimum atomic E-state index is -0.434. The fourth-order valence-corrected chi connectivity index (χ4v) is 5.15. The number of amides is 1. The average molecular weight is 485 g/mol. The van der Waals surface area contributed by atoms with Crippen LogP contribution in [-0.4, -0.2) is 27.4 Å². The number of imidazole rings is 1. The van der Waals surface area contributed by atoms with Gasteiger partial charge in [-0.05, 0) is 37.2 Å². The van der Waals surface area contributed by atoms with Crippen molar-refractivity contribution in [3.05, 3.63) is 75.4 Å². The second-order valence-corrected chi connectivity index (χ2v) is 9.30. The van der Waals surface area contributed by atoms with Gasteiger partial charge in [0.1, 0.15) is 17.5 Å². The standard InChI is InChI=1S/C24H25ClN4O3S/c1-14(17-5-3-15(10-27-2)7-18(17)25)32-20-8-21(33-22(20)9-23(26)31)19-11-28-24-6-4-16(13-30)12-29(19)24/h3-8,11-12,14,27,30H,9-10,13H2,1-2H3,(H2,26,31)/t14-/m1/s1. The summed E-state index contributed by atoms with van der Waals surface area (Å²) in [5, 5.41) is 13.2. The molecule has 0 unspecified atom stereocenters. The van der Waals surface area contributed by atoms with Gasteiger partial charge in [-0.2, -0.15) is 0 Å². The Hall–Kier alpha value is -2.91. The molecule has 1 atom stereocenters. The quantitative estimate of drug-likeness (QED) is 0.332. The number of halogens is 1. The van der Waals surface area contributed by atoms with Crippen LogP contribution in [0, 0.1) is 0 Å². The van der Waals surface area contributed by atoms with Crippen molar-refractivity contribution in [1.29, 1.82) is 0 Å². The fraction of sp³-hybridized carbons (Fsp3) is 0.250. The zero-order chi connectivity index (χ0) is 23.5. The number of hydrogen-bond donors (Lipinski definition) is 3. The summed E-state index contributed by atoms with van der Waals surface area (Å²) in [5.41, 5.74) is 9.82. The molecule has 9 heteroatoms. The molecule has 172 valence electrons. The first-order valence-corrected chi connectivity index (χ1v) is 11.7. The smallest absolute Gasteiger partial charge is 0.222 e. The third-order valence-corrected chi connectivity index (χ3v) is 6.76. The van der Waals surface area contributed by atoms with E-state index < -0.39 is 5.91 Å². The predicted octanol–water partition coefficient (Wildman–Crippen LogP) is 4.10. The number of ether oxygens (including phenoxy) is 1. The van der Waals surface area contributed by atoms with Crippen molar-refractivity contribution in [2.75, 3.05) is 7.05 Å². The number of rotatable bonds is 9. The molecule has 3 aromatic heterocycles. The molecule has 7 nitrogen and oxygen atoms in total. The van der Waals surface area contributed by atoms with E-state index in [1.54, 1.807) is 6.20 Å². The van der Waals surface area contributed by atoms with Gasteiger partial charge in [-0.15, -0.1) is 11.3 Å². The van der Waals surface area contributed by atoms with Crippen molar-refractivity contribution in [3.8, 4) is 16.3 Å². The van der Waals surface area contributed by atoms with Crippen molar-refractivity contribution in [2.45, 2.75) is 32.6 Å². The first-order valence-electron chi connectivity index (χ1n) is 10.5. The summed E-state index contributed by atoms with van der Waals surface area (Å²) in [4.78, 5) is 17.8. The summed E-state index contributed by atoms with van der Waals surface area (Å²) in [7, 11) is 1.89. The molecule has 1 amide bonds. The molecule has 4 N–H and O–H groups in total. The largest absolute Gasteiger partial charge is 0.485 e. The van der Waals surface area contributed by atoms with E-state index in [4.69, 9.17) is 22.1 Å². The van der Waals surface area contributed by atoms with Gasteiger partial charge in [0.05, 0.1) is 34.7 Å². The number of carbonyl (C=O) groups excluding carboxylic acids is 1. The third-order valence-electron chi connectivity index (χ3n) is 5.29. The molecule has 0 spiro atoms. The number of thiophene rings is 1. The molecular weight excluding hydrogens is 460 g/mol. The number of primary amides is 1. The number of hydrogen-bond acceptors (Lipinski definition) is 6. The Morgan fingerprint density at radius 2 is 2.09 bits per heavy atom. The SMILES string of the molecule is CNCc1ccc([C@@H](C)Oc2cc(-c3cnc4ccc(CO)cn34)sc2CC(N)=O)c(Cl)c1. The average Bonchev–Trinajstić information content (AvgIpc) is 3.36. The summed E-state index contributed by atoms with van der Waals surface area (Å²) >= 11 is 7.95. The number of nitrogens with two attached hydrogens (primary N) is 1. The van der Waals surface area contributed by atoms with Gasteiger partial charge < -0.3 is 20.9 Å². The maximum absolute atomic E-state index is 11.7. The maximum atomic E-state index is 11.7. The van der Waals surface area contributed by atoms with Gasteiger partial charge in [-0.25, -0.2) is 4.98 Å². The van der Waals surface area contributed by atoms with E-state index in [0.717, 1.165) is 44.3 Å². The van der Waals surface area contributed by atoms with E-state index in [0.29, 0.717) is 10.8 Å². The van der Waals surface area contributed by atoms with E-state index in [1.165, 1.54) is 11.3 Å². The Morgan fingerprint density at radius 1 is 1.30 bits per heavy atom. The molecule has 0 aliphatic carbocycles. The topological polar surface area (TPSA) is 102 Å². The van der Waals surface area contributed by atoms with Crippen LogP contribution in [0.15, 0.2) is 48.8 Å². The normalized spacial score (nSPS) is 12.2. The Morgan fingerprint density at radius 3 is 2.79 bits per heavy atom. The fourth-order valence-electron chi connectivity index (χ4n) is 3.69. The maximum Gasteiger partial charge on any atom is 0.222 e. The van der Waals surface area contributed by atoms with Gasteiger partial charge in [0.2, 0.25) is 5.91 Å². The first-order chi connectivity index (χ1) is 15.9. The number of aliphatic hydroxyl groups excluding tert-OH is 1. The molecule has 0 saturated carbocycles. The molecule has 4 rings (SSSR count). The zero-order valence-electron chi connectivity index (χ0n) is 18.3. The minimum Gasteiger partial charge on any atom is -0.485 e. The van der Waals surface area contributed by atoms with Gasteiger partial charge in [0.25, 0.3) is 0 Å². The molecule has 4 aromatic rings. The molecule has 0 saturated heterocycles. The lowest BCUT2D eigenvalue weighted by molar-refractivity contribution is -0.117. The van der Waals surface area contributed by atoms with Crippen molar-refractivity contribution < 1.29 is 14.6 Å². The summed E-state index contributed by atoms with van der Waals surface area (Å²) in [6.07, 6.45) is 3.35. The van der Waals surface area contributed by atoms with E-state index in [2.05, 4.69) is 10.3 Å². The number of fused-ring (bicyclic) bond motifs is 1. The highest BCUT2D eigenvalue weighted by atomic mass is 35.5. The van der Waals surface area contributed by atoms with Crippen LogP contribution in [-0.2, 0) is 24.4 Å². The van der Waals surface area contributed by atoms with E-state index >= 15 is 0 Å². The van der Waals surface area contributed by atoms with E-state index in [9.17, 15) is 9.90 Å². The summed E-state index contributed by atoms with van der Waals surface area (Å²) in [5.74, 6) is 0.154. The number of nitrogens with zero attached hydrogens (tertiary/aromatic N) is 2. The van der Waals surface area contributed by atoms with Crippen LogP contribution in [0.25, 0.3) is 16.2 Å². The van der Waals surface area contributed by atoms with Crippen molar-refractivity contribution in [1.82, 2.24) is 14.7 Å². The Labute approximate surface area is 200 Å². The highest BCUT2D eigenvalue weighted by Crippen LogP contribution is 2.39. The van der Waals surface area contributed by atoms with Crippen LogP contribution in [0.3, 0.4) is 0 Å². The lowest BCUT2D eigenvalue weighted by Crippen LogP contribution is -2.14. The Kier molecular flexibility index (Phi) is 6.99. The van der Waals surface area contributed by atoms with Crippen molar-refractivity contribution in [3.63, 3.8) is 0 Å². The number of nitrogens with one attached hydrogen (secondary N) is 1. The van der Waals surface area contributed by atoms with Gasteiger partial charge >= 0.3 is 0 Å². The predicted molar refractivity (Wildman–Crippen MR) is 131 cm³/mol. The lowest BCUT2D eigenvalue weighted by atomic mass is 10.1. The number of benzene rings is 1. The van der Waals surface area contributed by atoms with Gasteiger partial charge in [-0.1, -0.05) is 29.8 Å².